The third-order valence-corrected chi connectivity index (χ3v) is 9.18. The molecular formula is C27H39N3OS. The number of nitrogens with one attached hydrogen (secondary N) is 1. The van der Waals surface area contributed by atoms with Crippen LogP contribution in [0.5, 0.6) is 0 Å². The van der Waals surface area contributed by atoms with E-state index in [2.05, 4.69) is 61.5 Å². The number of benzene rings is 1. The minimum atomic E-state index is -0.0958. The second-order valence-corrected chi connectivity index (χ2v) is 12.5. The highest BCUT2D eigenvalue weighted by Crippen LogP contribution is 2.47. The summed E-state index contributed by atoms with van der Waals surface area (Å²) in [7, 11) is 0. The molecule has 5 rings (SSSR count). The van der Waals surface area contributed by atoms with Gasteiger partial charge in [0.05, 0.1) is 11.8 Å². The van der Waals surface area contributed by atoms with Gasteiger partial charge in [-0.15, -0.1) is 11.3 Å². The van der Waals surface area contributed by atoms with Crippen molar-refractivity contribution in [3.8, 4) is 11.3 Å². The average molecular weight is 454 g/mol. The first-order valence-corrected chi connectivity index (χ1v) is 13.4. The lowest BCUT2D eigenvalue weighted by Gasteiger charge is -2.42. The lowest BCUT2D eigenvalue weighted by molar-refractivity contribution is 0.178. The van der Waals surface area contributed by atoms with Gasteiger partial charge in [-0.25, -0.2) is 4.98 Å². The number of aliphatic hydroxyl groups excluding tert-OH is 1. The Labute approximate surface area is 197 Å². The van der Waals surface area contributed by atoms with Crippen molar-refractivity contribution in [3.63, 3.8) is 0 Å². The van der Waals surface area contributed by atoms with Gasteiger partial charge in [0.15, 0.2) is 5.13 Å². The molecule has 2 atom stereocenters. The SMILES string of the molecule is CC1(C)CCC(C)(C)c2cc(-c3csc(N4CCC(N[C@@H]5CC[C@@H](O)C5)CC4)n3)ccc21. The first-order valence-electron chi connectivity index (χ1n) is 12.5. The fourth-order valence-electron chi connectivity index (χ4n) is 5.97. The quantitative estimate of drug-likeness (QED) is 0.630. The van der Waals surface area contributed by atoms with Crippen molar-refractivity contribution in [2.45, 2.75) is 102 Å². The predicted octanol–water partition coefficient (Wildman–Crippen LogP) is 5.63. The Bertz CT molecular complexity index is 958. The van der Waals surface area contributed by atoms with E-state index in [9.17, 15) is 5.11 Å². The molecule has 2 aliphatic carbocycles. The van der Waals surface area contributed by atoms with Gasteiger partial charge in [-0.1, -0.05) is 39.8 Å². The zero-order valence-corrected chi connectivity index (χ0v) is 21.0. The highest BCUT2D eigenvalue weighted by molar-refractivity contribution is 7.14. The Morgan fingerprint density at radius 3 is 2.38 bits per heavy atom. The van der Waals surface area contributed by atoms with E-state index in [0.29, 0.717) is 12.1 Å². The minimum Gasteiger partial charge on any atom is -0.393 e. The zero-order chi connectivity index (χ0) is 22.5. The Hall–Kier alpha value is -1.43. The summed E-state index contributed by atoms with van der Waals surface area (Å²) in [5.41, 5.74) is 5.87. The Morgan fingerprint density at radius 1 is 0.969 bits per heavy atom. The van der Waals surface area contributed by atoms with Crippen molar-refractivity contribution in [1.29, 1.82) is 0 Å². The molecule has 1 aliphatic heterocycles. The summed E-state index contributed by atoms with van der Waals surface area (Å²) >= 11 is 1.78. The molecule has 2 aromatic rings. The van der Waals surface area contributed by atoms with E-state index < -0.39 is 0 Å². The molecule has 1 aromatic heterocycles. The summed E-state index contributed by atoms with van der Waals surface area (Å²) in [5.74, 6) is 0. The molecule has 0 radical (unpaired) electrons. The molecule has 2 fully saturated rings. The van der Waals surface area contributed by atoms with Crippen molar-refractivity contribution in [2.24, 2.45) is 0 Å². The van der Waals surface area contributed by atoms with Crippen LogP contribution in [-0.2, 0) is 10.8 Å². The number of hydrogen-bond acceptors (Lipinski definition) is 5. The number of hydrogen-bond donors (Lipinski definition) is 2. The second kappa shape index (κ2) is 8.41. The summed E-state index contributed by atoms with van der Waals surface area (Å²) in [4.78, 5) is 7.53. The average Bonchev–Trinajstić information content (AvgIpc) is 3.41. The van der Waals surface area contributed by atoms with Gasteiger partial charge in [0.2, 0.25) is 0 Å². The highest BCUT2D eigenvalue weighted by atomic mass is 32.1. The maximum atomic E-state index is 9.78. The Balaban J connectivity index is 1.27. The maximum Gasteiger partial charge on any atom is 0.185 e. The van der Waals surface area contributed by atoms with Gasteiger partial charge in [-0.2, -0.15) is 0 Å². The summed E-state index contributed by atoms with van der Waals surface area (Å²) in [6.07, 6.45) is 7.70. The van der Waals surface area contributed by atoms with E-state index in [1.54, 1.807) is 11.3 Å². The monoisotopic (exact) mass is 453 g/mol. The summed E-state index contributed by atoms with van der Waals surface area (Å²) < 4.78 is 0. The molecule has 0 bridgehead atoms. The predicted molar refractivity (Wildman–Crippen MR) is 135 cm³/mol. The van der Waals surface area contributed by atoms with Crippen LogP contribution in [0.15, 0.2) is 23.6 Å². The standard InChI is InChI=1S/C27H39N3OS/c1-26(2)11-12-27(3,4)23-15-18(5-8-22(23)26)24-17-32-25(29-24)30-13-9-19(10-14-30)28-20-6-7-21(31)16-20/h5,8,15,17,19-21,28,31H,6-7,9-14,16H2,1-4H3/t20-,21-/m1/s1. The van der Waals surface area contributed by atoms with Crippen LogP contribution in [-0.4, -0.2) is 41.4 Å². The third-order valence-electron chi connectivity index (χ3n) is 8.28. The molecule has 3 aliphatic rings. The molecule has 1 saturated carbocycles. The number of rotatable bonds is 4. The van der Waals surface area contributed by atoms with E-state index in [4.69, 9.17) is 4.98 Å². The lowest BCUT2D eigenvalue weighted by Crippen LogP contribution is -2.45. The van der Waals surface area contributed by atoms with Gasteiger partial charge < -0.3 is 15.3 Å². The van der Waals surface area contributed by atoms with Crippen LogP contribution < -0.4 is 10.2 Å². The van der Waals surface area contributed by atoms with Crippen molar-refractivity contribution in [1.82, 2.24) is 10.3 Å². The number of fused-ring (bicyclic) bond motifs is 1. The van der Waals surface area contributed by atoms with Gasteiger partial charge in [-0.3, -0.25) is 0 Å². The number of aliphatic hydroxyl groups is 1. The zero-order valence-electron chi connectivity index (χ0n) is 20.2. The smallest absolute Gasteiger partial charge is 0.185 e. The molecule has 4 nitrogen and oxygen atoms in total. The Morgan fingerprint density at radius 2 is 1.69 bits per heavy atom. The first-order chi connectivity index (χ1) is 15.2. The van der Waals surface area contributed by atoms with Crippen LogP contribution in [0.3, 0.4) is 0 Å². The summed E-state index contributed by atoms with van der Waals surface area (Å²) in [5, 5.41) is 17.0. The van der Waals surface area contributed by atoms with E-state index in [1.165, 1.54) is 29.5 Å². The van der Waals surface area contributed by atoms with Crippen LogP contribution in [0.2, 0.25) is 0 Å². The van der Waals surface area contributed by atoms with Gasteiger partial charge in [0.25, 0.3) is 0 Å². The summed E-state index contributed by atoms with van der Waals surface area (Å²) in [6.45, 7) is 11.7. The fraction of sp³-hybridized carbons (Fsp3) is 0.667. The van der Waals surface area contributed by atoms with Crippen molar-refractivity contribution in [3.05, 3.63) is 34.7 Å². The van der Waals surface area contributed by atoms with Gasteiger partial charge >= 0.3 is 0 Å². The van der Waals surface area contributed by atoms with Gasteiger partial charge in [-0.05, 0) is 73.0 Å². The molecule has 0 spiro atoms. The van der Waals surface area contributed by atoms with E-state index in [-0.39, 0.29) is 16.9 Å². The second-order valence-electron chi connectivity index (χ2n) is 11.6. The fourth-order valence-corrected chi connectivity index (χ4v) is 6.86. The van der Waals surface area contributed by atoms with Crippen molar-refractivity contribution in [2.75, 3.05) is 18.0 Å². The number of anilines is 1. The Kier molecular flexibility index (Phi) is 5.88. The first kappa shape index (κ1) is 22.4. The number of piperidine rings is 1. The van der Waals surface area contributed by atoms with Crippen LogP contribution in [0.4, 0.5) is 5.13 Å². The lowest BCUT2D eigenvalue weighted by atomic mass is 9.63. The van der Waals surface area contributed by atoms with E-state index >= 15 is 0 Å². The highest BCUT2D eigenvalue weighted by Gasteiger charge is 2.37. The van der Waals surface area contributed by atoms with Crippen molar-refractivity contribution >= 4 is 16.5 Å². The van der Waals surface area contributed by atoms with Gasteiger partial charge in [0.1, 0.15) is 0 Å². The minimum absolute atomic E-state index is 0.0958. The molecule has 0 amide bonds. The molecule has 174 valence electrons. The summed E-state index contributed by atoms with van der Waals surface area (Å²) in [6, 6.07) is 8.15. The molecule has 5 heteroatoms. The normalized spacial score (nSPS) is 27.5. The maximum absolute atomic E-state index is 9.78. The van der Waals surface area contributed by atoms with Crippen LogP contribution in [0, 0.1) is 0 Å². The third kappa shape index (κ3) is 4.36. The van der Waals surface area contributed by atoms with Crippen LogP contribution in [0.25, 0.3) is 11.3 Å². The van der Waals surface area contributed by atoms with Gasteiger partial charge in [0, 0.05) is 36.1 Å². The molecule has 0 unspecified atom stereocenters. The van der Waals surface area contributed by atoms with E-state index in [0.717, 1.165) is 56.0 Å². The molecular weight excluding hydrogens is 414 g/mol. The topological polar surface area (TPSA) is 48.4 Å². The number of aromatic nitrogens is 1. The molecule has 1 saturated heterocycles. The molecule has 32 heavy (non-hydrogen) atoms. The largest absolute Gasteiger partial charge is 0.393 e. The van der Waals surface area contributed by atoms with Crippen LogP contribution in [0.1, 0.15) is 83.8 Å². The van der Waals surface area contributed by atoms with E-state index in [1.807, 2.05) is 0 Å². The molecule has 2 heterocycles. The van der Waals surface area contributed by atoms with Crippen LogP contribution >= 0.6 is 11.3 Å². The molecule has 2 N–H and O–H groups in total. The number of thiazole rings is 1. The molecule has 1 aromatic carbocycles. The number of nitrogens with zero attached hydrogens (tertiary/aromatic N) is 2. The van der Waals surface area contributed by atoms with Crippen molar-refractivity contribution < 1.29 is 5.11 Å².